The molecule has 0 atom stereocenters. The quantitative estimate of drug-likeness (QED) is 0.583. The number of amides is 1. The van der Waals surface area contributed by atoms with Crippen molar-refractivity contribution in [3.63, 3.8) is 0 Å². The van der Waals surface area contributed by atoms with Crippen molar-refractivity contribution < 1.29 is 19.1 Å². The summed E-state index contributed by atoms with van der Waals surface area (Å²) in [7, 11) is 0. The summed E-state index contributed by atoms with van der Waals surface area (Å²) in [5, 5.41) is 13.0. The highest BCUT2D eigenvalue weighted by Crippen LogP contribution is 2.35. The van der Waals surface area contributed by atoms with E-state index in [1.54, 1.807) is 11.0 Å². The van der Waals surface area contributed by atoms with Crippen LogP contribution in [0.25, 0.3) is 17.0 Å². The number of nitrogens with zero attached hydrogens (tertiary/aromatic N) is 2. The SMILES string of the molecule is O=C(c1cc2cc(C3(O)CCN(C/C(Cl)=C/c4ccccc4)CC3)ccc2o1)N1CCOCC1. The molecule has 2 fully saturated rings. The molecule has 34 heavy (non-hydrogen) atoms. The Morgan fingerprint density at radius 3 is 2.50 bits per heavy atom. The topological polar surface area (TPSA) is 66.2 Å². The average Bonchev–Trinajstić information content (AvgIpc) is 3.30. The summed E-state index contributed by atoms with van der Waals surface area (Å²) in [6.45, 7) is 4.41. The molecule has 1 aromatic heterocycles. The predicted molar refractivity (Wildman–Crippen MR) is 133 cm³/mol. The molecule has 2 aliphatic rings. The molecule has 0 saturated carbocycles. The number of hydrogen-bond acceptors (Lipinski definition) is 5. The molecule has 1 amide bonds. The van der Waals surface area contributed by atoms with Gasteiger partial charge in [-0.2, -0.15) is 0 Å². The minimum absolute atomic E-state index is 0.117. The second kappa shape index (κ2) is 9.92. The predicted octanol–water partition coefficient (Wildman–Crippen LogP) is 4.47. The van der Waals surface area contributed by atoms with Gasteiger partial charge in [0.1, 0.15) is 5.58 Å². The minimum Gasteiger partial charge on any atom is -0.451 e. The summed E-state index contributed by atoms with van der Waals surface area (Å²) in [5.41, 5.74) is 1.68. The number of rotatable bonds is 5. The first kappa shape index (κ1) is 23.1. The maximum Gasteiger partial charge on any atom is 0.289 e. The molecule has 0 bridgehead atoms. The smallest absolute Gasteiger partial charge is 0.289 e. The molecule has 2 saturated heterocycles. The number of aliphatic hydroxyl groups is 1. The third kappa shape index (κ3) is 5.05. The van der Waals surface area contributed by atoms with Crippen LogP contribution >= 0.6 is 11.6 Å². The van der Waals surface area contributed by atoms with Gasteiger partial charge in [-0.05, 0) is 48.2 Å². The minimum atomic E-state index is -0.911. The molecule has 6 nitrogen and oxygen atoms in total. The summed E-state index contributed by atoms with van der Waals surface area (Å²) in [5.74, 6) is 0.212. The lowest BCUT2D eigenvalue weighted by molar-refractivity contribution is -0.0234. The van der Waals surface area contributed by atoms with Crippen LogP contribution in [-0.2, 0) is 10.3 Å². The summed E-state index contributed by atoms with van der Waals surface area (Å²) in [4.78, 5) is 16.8. The fourth-order valence-electron chi connectivity index (χ4n) is 4.72. The maximum atomic E-state index is 12.8. The van der Waals surface area contributed by atoms with Gasteiger partial charge in [-0.15, -0.1) is 0 Å². The van der Waals surface area contributed by atoms with Crippen molar-refractivity contribution >= 4 is 34.6 Å². The van der Waals surface area contributed by atoms with Crippen molar-refractivity contribution in [2.45, 2.75) is 18.4 Å². The Morgan fingerprint density at radius 2 is 1.76 bits per heavy atom. The molecule has 2 aromatic carbocycles. The highest BCUT2D eigenvalue weighted by Gasteiger charge is 2.34. The third-order valence-corrected chi connectivity index (χ3v) is 6.97. The Hall–Kier alpha value is -2.64. The van der Waals surface area contributed by atoms with E-state index < -0.39 is 5.60 Å². The molecule has 3 heterocycles. The number of halogens is 1. The van der Waals surface area contributed by atoms with Crippen molar-refractivity contribution in [2.75, 3.05) is 45.9 Å². The fourth-order valence-corrected chi connectivity index (χ4v) is 5.01. The molecule has 5 rings (SSSR count). The molecule has 178 valence electrons. The molecule has 0 spiro atoms. The molecular formula is C27H29ClN2O4. The van der Waals surface area contributed by atoms with Gasteiger partial charge in [0, 0.05) is 43.1 Å². The number of benzene rings is 2. The molecule has 0 aliphatic carbocycles. The zero-order valence-electron chi connectivity index (χ0n) is 19.1. The lowest BCUT2D eigenvalue weighted by Gasteiger charge is -2.38. The highest BCUT2D eigenvalue weighted by atomic mass is 35.5. The number of fused-ring (bicyclic) bond motifs is 1. The van der Waals surface area contributed by atoms with Gasteiger partial charge >= 0.3 is 0 Å². The Balaban J connectivity index is 1.24. The first-order chi connectivity index (χ1) is 16.5. The van der Waals surface area contributed by atoms with Crippen molar-refractivity contribution in [3.05, 3.63) is 76.5 Å². The zero-order valence-corrected chi connectivity index (χ0v) is 19.8. The van der Waals surface area contributed by atoms with E-state index in [1.807, 2.05) is 54.6 Å². The molecule has 3 aromatic rings. The van der Waals surface area contributed by atoms with Crippen molar-refractivity contribution in [3.8, 4) is 0 Å². The van der Waals surface area contributed by atoms with E-state index in [2.05, 4.69) is 4.90 Å². The maximum absolute atomic E-state index is 12.8. The normalized spacial score (nSPS) is 19.5. The third-order valence-electron chi connectivity index (χ3n) is 6.74. The highest BCUT2D eigenvalue weighted by molar-refractivity contribution is 6.31. The molecular weight excluding hydrogens is 452 g/mol. The van der Waals surface area contributed by atoms with Crippen LogP contribution in [0, 0.1) is 0 Å². The Morgan fingerprint density at radius 1 is 1.03 bits per heavy atom. The summed E-state index contributed by atoms with van der Waals surface area (Å²) in [6.07, 6.45) is 3.22. The Bertz CT molecular complexity index is 1180. The van der Waals surface area contributed by atoms with Gasteiger partial charge < -0.3 is 19.2 Å². The fraction of sp³-hybridized carbons (Fsp3) is 0.370. The van der Waals surface area contributed by atoms with Crippen LogP contribution in [0.2, 0.25) is 0 Å². The van der Waals surface area contributed by atoms with Crippen LogP contribution < -0.4 is 0 Å². The van der Waals surface area contributed by atoms with Gasteiger partial charge in [-0.25, -0.2) is 0 Å². The molecule has 1 N–H and O–H groups in total. The number of likely N-dealkylation sites (tertiary alicyclic amines) is 1. The van der Waals surface area contributed by atoms with Crippen LogP contribution in [-0.4, -0.2) is 66.8 Å². The van der Waals surface area contributed by atoms with E-state index in [0.29, 0.717) is 57.0 Å². The van der Waals surface area contributed by atoms with Crippen LogP contribution in [0.5, 0.6) is 0 Å². The number of morpholine rings is 1. The molecule has 7 heteroatoms. The molecule has 0 radical (unpaired) electrons. The van der Waals surface area contributed by atoms with E-state index in [4.69, 9.17) is 20.8 Å². The lowest BCUT2D eigenvalue weighted by Crippen LogP contribution is -2.42. The van der Waals surface area contributed by atoms with Gasteiger partial charge in [0.2, 0.25) is 0 Å². The zero-order chi connectivity index (χ0) is 23.5. The number of carbonyl (C=O) groups excluding carboxylic acids is 1. The monoisotopic (exact) mass is 480 g/mol. The Kier molecular flexibility index (Phi) is 6.75. The number of ether oxygens (including phenoxy) is 1. The van der Waals surface area contributed by atoms with E-state index in [0.717, 1.165) is 34.6 Å². The van der Waals surface area contributed by atoms with E-state index >= 15 is 0 Å². The van der Waals surface area contributed by atoms with Crippen LogP contribution in [0.15, 0.2) is 64.0 Å². The van der Waals surface area contributed by atoms with Crippen molar-refractivity contribution in [2.24, 2.45) is 0 Å². The van der Waals surface area contributed by atoms with E-state index in [-0.39, 0.29) is 5.91 Å². The number of furan rings is 1. The number of piperidine rings is 1. The number of hydrogen-bond donors (Lipinski definition) is 1. The first-order valence-corrected chi connectivity index (χ1v) is 12.1. The van der Waals surface area contributed by atoms with Gasteiger partial charge in [0.15, 0.2) is 5.76 Å². The number of carbonyl (C=O) groups is 1. The second-order valence-corrected chi connectivity index (χ2v) is 9.56. The summed E-state index contributed by atoms with van der Waals surface area (Å²) >= 11 is 6.49. The largest absolute Gasteiger partial charge is 0.451 e. The van der Waals surface area contributed by atoms with Crippen molar-refractivity contribution in [1.29, 1.82) is 0 Å². The van der Waals surface area contributed by atoms with Gasteiger partial charge in [-0.1, -0.05) is 48.0 Å². The van der Waals surface area contributed by atoms with Crippen molar-refractivity contribution in [1.82, 2.24) is 9.80 Å². The van der Waals surface area contributed by atoms with Gasteiger partial charge in [0.05, 0.1) is 18.8 Å². The molecule has 0 unspecified atom stereocenters. The second-order valence-electron chi connectivity index (χ2n) is 9.08. The summed E-state index contributed by atoms with van der Waals surface area (Å²) < 4.78 is 11.2. The average molecular weight is 481 g/mol. The van der Waals surface area contributed by atoms with Crippen LogP contribution in [0.3, 0.4) is 0 Å². The molecule has 2 aliphatic heterocycles. The summed E-state index contributed by atoms with van der Waals surface area (Å²) in [6, 6.07) is 17.5. The Labute approximate surface area is 204 Å². The van der Waals surface area contributed by atoms with Gasteiger partial charge in [0.25, 0.3) is 5.91 Å². The van der Waals surface area contributed by atoms with E-state index in [9.17, 15) is 9.90 Å². The van der Waals surface area contributed by atoms with E-state index in [1.165, 1.54) is 0 Å². The first-order valence-electron chi connectivity index (χ1n) is 11.8. The van der Waals surface area contributed by atoms with Gasteiger partial charge in [-0.3, -0.25) is 9.69 Å². The van der Waals surface area contributed by atoms with Crippen LogP contribution in [0.1, 0.15) is 34.5 Å². The lowest BCUT2D eigenvalue weighted by atomic mass is 9.84. The standard InChI is InChI=1S/C27H29ClN2O4/c28-23(16-20-4-2-1-3-5-20)19-29-10-8-27(32,9-11-29)22-6-7-24-21(17-22)18-25(34-24)26(31)30-12-14-33-15-13-30/h1-7,16-18,32H,8-15,19H2/b23-16-. The van der Waals surface area contributed by atoms with Crippen LogP contribution in [0.4, 0.5) is 0 Å².